The third kappa shape index (κ3) is 3.26. The van der Waals surface area contributed by atoms with E-state index in [0.717, 1.165) is 27.8 Å². The maximum Gasteiger partial charge on any atom is 0.252 e. The number of aryl methyl sites for hydroxylation is 3. The summed E-state index contributed by atoms with van der Waals surface area (Å²) in [7, 11) is 3.19. The molecule has 1 aliphatic rings. The number of methoxy groups -OCH3 is 2. The highest BCUT2D eigenvalue weighted by Gasteiger charge is 2.16. The van der Waals surface area contributed by atoms with Gasteiger partial charge in [-0.05, 0) is 26.8 Å². The second-order valence-electron chi connectivity index (χ2n) is 6.51. The molecule has 0 fully saturated rings. The number of hydrogen-bond acceptors (Lipinski definition) is 8. The van der Waals surface area contributed by atoms with Gasteiger partial charge in [0, 0.05) is 29.6 Å². The van der Waals surface area contributed by atoms with Gasteiger partial charge in [0.05, 0.1) is 30.6 Å². The smallest absolute Gasteiger partial charge is 0.252 e. The standard InChI is InChI=1S/C19H21N7O2/c1-10-7-17(24-19(20-10)26-12(3)6-11(2)25-26)23-18-21-13-8-15(27-4)16(28-5)9-14(13)22-18/h6-9,18H,1-5H3,(H,20,23,24). The zero-order valence-electron chi connectivity index (χ0n) is 16.4. The molecule has 0 unspecified atom stereocenters. The zero-order chi connectivity index (χ0) is 19.8. The van der Waals surface area contributed by atoms with E-state index >= 15 is 0 Å². The van der Waals surface area contributed by atoms with Crippen LogP contribution in [0, 0.1) is 20.8 Å². The predicted octanol–water partition coefficient (Wildman–Crippen LogP) is 1.25. The first-order chi connectivity index (χ1) is 13.5. The van der Waals surface area contributed by atoms with Crippen LogP contribution in [-0.2, 0) is 0 Å². The minimum atomic E-state index is -0.491. The van der Waals surface area contributed by atoms with Crippen molar-refractivity contribution in [3.8, 4) is 17.4 Å². The Kier molecular flexibility index (Phi) is 4.42. The molecule has 2 aromatic heterocycles. The van der Waals surface area contributed by atoms with Crippen molar-refractivity contribution in [3.05, 3.63) is 52.1 Å². The van der Waals surface area contributed by atoms with E-state index in [1.807, 2.05) is 45.0 Å². The van der Waals surface area contributed by atoms with Crippen molar-refractivity contribution in [2.24, 2.45) is 9.98 Å². The van der Waals surface area contributed by atoms with E-state index in [1.54, 1.807) is 18.9 Å². The number of benzene rings is 1. The molecule has 0 atom stereocenters. The Morgan fingerprint density at radius 3 is 2.04 bits per heavy atom. The zero-order valence-corrected chi connectivity index (χ0v) is 16.4. The molecule has 28 heavy (non-hydrogen) atoms. The number of nitrogens with one attached hydrogen (secondary N) is 1. The van der Waals surface area contributed by atoms with Crippen molar-refractivity contribution in [2.75, 3.05) is 19.5 Å². The highest BCUT2D eigenvalue weighted by Crippen LogP contribution is 2.22. The number of nitrogens with zero attached hydrogens (tertiary/aromatic N) is 6. The van der Waals surface area contributed by atoms with Gasteiger partial charge in [0.1, 0.15) is 5.82 Å². The Labute approximate surface area is 161 Å². The van der Waals surface area contributed by atoms with E-state index in [1.165, 1.54) is 0 Å². The normalized spacial score (nSPS) is 12.9. The van der Waals surface area contributed by atoms with E-state index in [9.17, 15) is 0 Å². The van der Waals surface area contributed by atoms with Gasteiger partial charge in [-0.25, -0.2) is 19.7 Å². The minimum absolute atomic E-state index is 0.491. The van der Waals surface area contributed by atoms with Gasteiger partial charge < -0.3 is 14.8 Å². The number of fused-ring (bicyclic) bond motifs is 1. The fourth-order valence-corrected chi connectivity index (χ4v) is 3.11. The average molecular weight is 379 g/mol. The second-order valence-corrected chi connectivity index (χ2v) is 6.51. The molecule has 0 radical (unpaired) electrons. The monoisotopic (exact) mass is 379 g/mol. The molecule has 3 aromatic rings. The van der Waals surface area contributed by atoms with Crippen LogP contribution < -0.4 is 25.5 Å². The van der Waals surface area contributed by atoms with Crippen LogP contribution in [-0.4, -0.2) is 40.3 Å². The van der Waals surface area contributed by atoms with Crippen molar-refractivity contribution in [3.63, 3.8) is 0 Å². The number of hydrogen-bond donors (Lipinski definition) is 1. The molecule has 0 bridgehead atoms. The number of rotatable bonds is 5. The first-order valence-corrected chi connectivity index (χ1v) is 8.80. The third-order valence-corrected chi connectivity index (χ3v) is 4.32. The van der Waals surface area contributed by atoms with Gasteiger partial charge in [0.2, 0.25) is 6.29 Å². The molecular weight excluding hydrogens is 358 g/mol. The molecule has 1 aliphatic heterocycles. The van der Waals surface area contributed by atoms with Gasteiger partial charge in [0.25, 0.3) is 5.95 Å². The predicted molar refractivity (Wildman–Crippen MR) is 103 cm³/mol. The van der Waals surface area contributed by atoms with Gasteiger partial charge in [0.15, 0.2) is 11.5 Å². The Hall–Kier alpha value is -3.49. The van der Waals surface area contributed by atoms with Crippen LogP contribution in [0.4, 0.5) is 5.82 Å². The fourth-order valence-electron chi connectivity index (χ4n) is 3.11. The molecule has 0 amide bonds. The first-order valence-electron chi connectivity index (χ1n) is 8.80. The third-order valence-electron chi connectivity index (χ3n) is 4.32. The Balaban J connectivity index is 1.66. The fraction of sp³-hybridized carbons (Fsp3) is 0.316. The molecule has 9 nitrogen and oxygen atoms in total. The Morgan fingerprint density at radius 1 is 0.857 bits per heavy atom. The van der Waals surface area contributed by atoms with Crippen LogP contribution >= 0.6 is 0 Å². The maximum atomic E-state index is 5.33. The quantitative estimate of drug-likeness (QED) is 0.716. The molecule has 1 aromatic carbocycles. The van der Waals surface area contributed by atoms with Crippen LogP contribution in [0.2, 0.25) is 0 Å². The van der Waals surface area contributed by atoms with E-state index in [-0.39, 0.29) is 0 Å². The summed E-state index contributed by atoms with van der Waals surface area (Å²) in [6, 6.07) is 7.46. The molecule has 4 rings (SSSR count). The highest BCUT2D eigenvalue weighted by atomic mass is 16.5. The SMILES string of the molecule is COc1cc2c(cc1OC)=NC(Nc1cc(C)nc(-n3nc(C)cc3C)n1)N=2. The van der Waals surface area contributed by atoms with Gasteiger partial charge >= 0.3 is 0 Å². The van der Waals surface area contributed by atoms with E-state index in [0.29, 0.717) is 23.3 Å². The molecule has 144 valence electrons. The largest absolute Gasteiger partial charge is 0.493 e. The van der Waals surface area contributed by atoms with Gasteiger partial charge in [-0.1, -0.05) is 0 Å². The van der Waals surface area contributed by atoms with Crippen molar-refractivity contribution >= 4 is 5.82 Å². The first kappa shape index (κ1) is 17.9. The summed E-state index contributed by atoms with van der Waals surface area (Å²) in [6.45, 7) is 5.82. The molecule has 0 saturated heterocycles. The van der Waals surface area contributed by atoms with Gasteiger partial charge in [-0.15, -0.1) is 0 Å². The maximum absolute atomic E-state index is 5.33. The summed E-state index contributed by atoms with van der Waals surface area (Å²) < 4.78 is 12.4. The van der Waals surface area contributed by atoms with Gasteiger partial charge in [-0.3, -0.25) is 0 Å². The van der Waals surface area contributed by atoms with Crippen molar-refractivity contribution in [1.82, 2.24) is 19.7 Å². The number of anilines is 1. The summed E-state index contributed by atoms with van der Waals surface area (Å²) in [6.07, 6.45) is -0.491. The minimum Gasteiger partial charge on any atom is -0.493 e. The molecule has 0 spiro atoms. The molecular formula is C19H21N7O2. The van der Waals surface area contributed by atoms with E-state index in [2.05, 4.69) is 30.4 Å². The van der Waals surface area contributed by atoms with Crippen molar-refractivity contribution in [2.45, 2.75) is 27.1 Å². The molecule has 0 aliphatic carbocycles. The number of ether oxygens (including phenoxy) is 2. The summed E-state index contributed by atoms with van der Waals surface area (Å²) in [5, 5.41) is 9.16. The van der Waals surface area contributed by atoms with Crippen LogP contribution in [0.25, 0.3) is 5.95 Å². The molecule has 1 N–H and O–H groups in total. The Bertz CT molecular complexity index is 1130. The lowest BCUT2D eigenvalue weighted by molar-refractivity contribution is 0.354. The van der Waals surface area contributed by atoms with Crippen LogP contribution in [0.3, 0.4) is 0 Å². The van der Waals surface area contributed by atoms with Crippen LogP contribution in [0.5, 0.6) is 11.5 Å². The van der Waals surface area contributed by atoms with E-state index in [4.69, 9.17) is 9.47 Å². The summed E-state index contributed by atoms with van der Waals surface area (Å²) in [4.78, 5) is 18.3. The molecule has 9 heteroatoms. The van der Waals surface area contributed by atoms with Crippen LogP contribution in [0.1, 0.15) is 17.1 Å². The summed E-state index contributed by atoms with van der Waals surface area (Å²) >= 11 is 0. The highest BCUT2D eigenvalue weighted by molar-refractivity contribution is 5.42. The lowest BCUT2D eigenvalue weighted by Crippen LogP contribution is -2.21. The second kappa shape index (κ2) is 6.91. The van der Waals surface area contributed by atoms with E-state index < -0.39 is 6.29 Å². The van der Waals surface area contributed by atoms with Crippen LogP contribution in [0.15, 0.2) is 34.3 Å². The number of aromatic nitrogens is 4. The lowest BCUT2D eigenvalue weighted by atomic mass is 10.3. The lowest BCUT2D eigenvalue weighted by Gasteiger charge is -2.11. The molecule has 3 heterocycles. The average Bonchev–Trinajstić information content (AvgIpc) is 3.20. The Morgan fingerprint density at radius 2 is 1.50 bits per heavy atom. The van der Waals surface area contributed by atoms with Crippen molar-refractivity contribution < 1.29 is 9.47 Å². The summed E-state index contributed by atoms with van der Waals surface area (Å²) in [5.74, 6) is 2.36. The molecule has 0 saturated carbocycles. The summed E-state index contributed by atoms with van der Waals surface area (Å²) in [5.41, 5.74) is 2.70. The van der Waals surface area contributed by atoms with Gasteiger partial charge in [-0.2, -0.15) is 10.1 Å². The topological polar surface area (TPSA) is 98.8 Å². The van der Waals surface area contributed by atoms with Crippen molar-refractivity contribution in [1.29, 1.82) is 0 Å².